The van der Waals surface area contributed by atoms with E-state index in [0.29, 0.717) is 26.1 Å². The molecule has 5 heteroatoms. The van der Waals surface area contributed by atoms with Gasteiger partial charge in [0.1, 0.15) is 0 Å². The van der Waals surface area contributed by atoms with Crippen molar-refractivity contribution in [2.45, 2.75) is 51.1 Å². The summed E-state index contributed by atoms with van der Waals surface area (Å²) in [7, 11) is 0. The largest absolute Gasteiger partial charge is 0.466 e. The first-order chi connectivity index (χ1) is 10.7. The first kappa shape index (κ1) is 16.9. The van der Waals surface area contributed by atoms with E-state index in [1.54, 1.807) is 6.92 Å². The number of hydrogen-bond donors (Lipinski definition) is 1. The highest BCUT2D eigenvalue weighted by atomic mass is 16.5. The number of aliphatic hydroxyl groups excluding tert-OH is 1. The molecule has 122 valence electrons. The van der Waals surface area contributed by atoms with Crippen LogP contribution in [0.3, 0.4) is 0 Å². The average molecular weight is 308 g/mol. The van der Waals surface area contributed by atoms with Crippen LogP contribution in [0.4, 0.5) is 0 Å². The zero-order chi connectivity index (χ0) is 15.8. The van der Waals surface area contributed by atoms with Crippen LogP contribution in [0.5, 0.6) is 0 Å². The predicted octanol–water partition coefficient (Wildman–Crippen LogP) is 2.06. The molecule has 3 atom stereocenters. The molecule has 0 bridgehead atoms. The Bertz CT molecular complexity index is 448. The summed E-state index contributed by atoms with van der Waals surface area (Å²) in [6.45, 7) is 2.60. The maximum atomic E-state index is 11.6. The van der Waals surface area contributed by atoms with Crippen LogP contribution in [0.25, 0.3) is 0 Å². The molecule has 0 spiro atoms. The van der Waals surface area contributed by atoms with Crippen LogP contribution in [-0.4, -0.2) is 42.6 Å². The fourth-order valence-corrected chi connectivity index (χ4v) is 2.65. The van der Waals surface area contributed by atoms with Crippen molar-refractivity contribution < 1.29 is 24.1 Å². The molecule has 1 aromatic carbocycles. The summed E-state index contributed by atoms with van der Waals surface area (Å²) in [5, 5.41) is 9.35. The molecule has 22 heavy (non-hydrogen) atoms. The van der Waals surface area contributed by atoms with Crippen molar-refractivity contribution in [3.8, 4) is 0 Å². The van der Waals surface area contributed by atoms with E-state index in [1.165, 1.54) is 0 Å². The van der Waals surface area contributed by atoms with Crippen molar-refractivity contribution >= 4 is 5.97 Å². The number of aliphatic hydroxyl groups is 1. The standard InChI is InChI=1S/C17H24O5/c1-2-20-17(19)10-15-8-14(9-16(11-18)22-15)21-12-13-6-4-3-5-7-13/h3-7,14-16,18H,2,8-12H2,1H3/t14-,15+,16-/m1/s1. The number of carbonyl (C=O) groups is 1. The van der Waals surface area contributed by atoms with Gasteiger partial charge in [0.15, 0.2) is 0 Å². The molecule has 1 aliphatic heterocycles. The Hall–Kier alpha value is -1.43. The molecular formula is C17H24O5. The second kappa shape index (κ2) is 8.88. The number of ether oxygens (including phenoxy) is 3. The third-order valence-corrected chi connectivity index (χ3v) is 3.67. The van der Waals surface area contributed by atoms with Crippen molar-refractivity contribution in [2.24, 2.45) is 0 Å². The summed E-state index contributed by atoms with van der Waals surface area (Å²) in [5.74, 6) is -0.270. The fraction of sp³-hybridized carbons (Fsp3) is 0.588. The Labute approximate surface area is 131 Å². The van der Waals surface area contributed by atoms with E-state index in [-0.39, 0.29) is 37.3 Å². The molecule has 1 saturated heterocycles. The van der Waals surface area contributed by atoms with E-state index >= 15 is 0 Å². The van der Waals surface area contributed by atoms with Gasteiger partial charge in [-0.3, -0.25) is 4.79 Å². The SMILES string of the molecule is CCOC(=O)C[C@@H]1C[C@@H](OCc2ccccc2)C[C@H](CO)O1. The van der Waals surface area contributed by atoms with Gasteiger partial charge in [-0.15, -0.1) is 0 Å². The summed E-state index contributed by atoms with van der Waals surface area (Å²) in [4.78, 5) is 11.6. The van der Waals surface area contributed by atoms with E-state index in [9.17, 15) is 9.90 Å². The second-order valence-corrected chi connectivity index (χ2v) is 5.46. The first-order valence-corrected chi connectivity index (χ1v) is 7.78. The van der Waals surface area contributed by atoms with Crippen LogP contribution < -0.4 is 0 Å². The van der Waals surface area contributed by atoms with Gasteiger partial charge in [-0.1, -0.05) is 30.3 Å². The minimum atomic E-state index is -0.283. The lowest BCUT2D eigenvalue weighted by Crippen LogP contribution is -2.39. The average Bonchev–Trinajstić information content (AvgIpc) is 2.54. The van der Waals surface area contributed by atoms with Crippen molar-refractivity contribution in [1.29, 1.82) is 0 Å². The number of hydrogen-bond acceptors (Lipinski definition) is 5. The third kappa shape index (κ3) is 5.40. The lowest BCUT2D eigenvalue weighted by atomic mass is 9.99. The molecule has 1 N–H and O–H groups in total. The highest BCUT2D eigenvalue weighted by Gasteiger charge is 2.31. The van der Waals surface area contributed by atoms with Gasteiger partial charge in [-0.05, 0) is 12.5 Å². The second-order valence-electron chi connectivity index (χ2n) is 5.46. The Morgan fingerprint density at radius 2 is 2.00 bits per heavy atom. The van der Waals surface area contributed by atoms with Gasteiger partial charge in [-0.25, -0.2) is 0 Å². The quantitative estimate of drug-likeness (QED) is 0.781. The summed E-state index contributed by atoms with van der Waals surface area (Å²) in [6, 6.07) is 9.94. The van der Waals surface area contributed by atoms with E-state index in [1.807, 2.05) is 30.3 Å². The van der Waals surface area contributed by atoms with E-state index in [4.69, 9.17) is 14.2 Å². The molecule has 0 saturated carbocycles. The summed E-state index contributed by atoms with van der Waals surface area (Å²) < 4.78 is 16.6. The normalized spacial score (nSPS) is 24.9. The fourth-order valence-electron chi connectivity index (χ4n) is 2.65. The summed E-state index contributed by atoms with van der Waals surface area (Å²) in [6.07, 6.45) is 0.922. The van der Waals surface area contributed by atoms with Crippen LogP contribution in [0.15, 0.2) is 30.3 Å². The summed E-state index contributed by atoms with van der Waals surface area (Å²) in [5.41, 5.74) is 1.11. The van der Waals surface area contributed by atoms with E-state index < -0.39 is 0 Å². The van der Waals surface area contributed by atoms with Crippen molar-refractivity contribution in [2.75, 3.05) is 13.2 Å². The minimum Gasteiger partial charge on any atom is -0.466 e. The zero-order valence-electron chi connectivity index (χ0n) is 12.9. The lowest BCUT2D eigenvalue weighted by Gasteiger charge is -2.34. The van der Waals surface area contributed by atoms with Gasteiger partial charge in [0, 0.05) is 12.8 Å². The Morgan fingerprint density at radius 1 is 1.27 bits per heavy atom. The Kier molecular flexibility index (Phi) is 6.83. The topological polar surface area (TPSA) is 65.0 Å². The molecule has 0 aliphatic carbocycles. The smallest absolute Gasteiger partial charge is 0.308 e. The van der Waals surface area contributed by atoms with Crippen molar-refractivity contribution in [3.05, 3.63) is 35.9 Å². The molecule has 0 aromatic heterocycles. The van der Waals surface area contributed by atoms with Crippen LogP contribution in [0, 0.1) is 0 Å². The molecule has 5 nitrogen and oxygen atoms in total. The summed E-state index contributed by atoms with van der Waals surface area (Å²) >= 11 is 0. The third-order valence-electron chi connectivity index (χ3n) is 3.67. The van der Waals surface area contributed by atoms with Crippen LogP contribution in [0.1, 0.15) is 31.7 Å². The maximum Gasteiger partial charge on any atom is 0.308 e. The molecule has 2 rings (SSSR count). The number of benzene rings is 1. The molecule has 1 fully saturated rings. The highest BCUT2D eigenvalue weighted by Crippen LogP contribution is 2.25. The molecule has 0 radical (unpaired) electrons. The molecular weight excluding hydrogens is 284 g/mol. The van der Waals surface area contributed by atoms with E-state index in [0.717, 1.165) is 5.56 Å². The minimum absolute atomic E-state index is 0.0227. The van der Waals surface area contributed by atoms with Gasteiger partial charge < -0.3 is 19.3 Å². The molecule has 0 amide bonds. The Balaban J connectivity index is 1.85. The van der Waals surface area contributed by atoms with E-state index in [2.05, 4.69) is 0 Å². The first-order valence-electron chi connectivity index (χ1n) is 7.78. The van der Waals surface area contributed by atoms with Gasteiger partial charge in [0.25, 0.3) is 0 Å². The number of carbonyl (C=O) groups excluding carboxylic acids is 1. The zero-order valence-corrected chi connectivity index (χ0v) is 12.9. The molecule has 0 unspecified atom stereocenters. The predicted molar refractivity (Wildman–Crippen MR) is 81.2 cm³/mol. The van der Waals surface area contributed by atoms with Gasteiger partial charge in [0.05, 0.1) is 44.6 Å². The van der Waals surface area contributed by atoms with Crippen molar-refractivity contribution in [3.63, 3.8) is 0 Å². The number of esters is 1. The Morgan fingerprint density at radius 3 is 2.68 bits per heavy atom. The van der Waals surface area contributed by atoms with Gasteiger partial charge >= 0.3 is 5.97 Å². The molecule has 1 aromatic rings. The maximum absolute atomic E-state index is 11.6. The van der Waals surface area contributed by atoms with Crippen LogP contribution in [0.2, 0.25) is 0 Å². The molecule has 1 aliphatic rings. The van der Waals surface area contributed by atoms with Crippen LogP contribution >= 0.6 is 0 Å². The molecule has 1 heterocycles. The number of rotatable bonds is 7. The van der Waals surface area contributed by atoms with Crippen LogP contribution in [-0.2, 0) is 25.6 Å². The highest BCUT2D eigenvalue weighted by molar-refractivity contribution is 5.69. The monoisotopic (exact) mass is 308 g/mol. The van der Waals surface area contributed by atoms with Gasteiger partial charge in [-0.2, -0.15) is 0 Å². The van der Waals surface area contributed by atoms with Crippen molar-refractivity contribution in [1.82, 2.24) is 0 Å². The lowest BCUT2D eigenvalue weighted by molar-refractivity contribution is -0.158. The van der Waals surface area contributed by atoms with Gasteiger partial charge in [0.2, 0.25) is 0 Å².